The molecule has 6 heteroatoms. The summed E-state index contributed by atoms with van der Waals surface area (Å²) in [5, 5.41) is 3.00. The highest BCUT2D eigenvalue weighted by atomic mass is 16.5. The van der Waals surface area contributed by atoms with E-state index in [4.69, 9.17) is 9.47 Å². The highest BCUT2D eigenvalue weighted by Gasteiger charge is 2.20. The maximum absolute atomic E-state index is 12.3. The number of ether oxygens (including phenoxy) is 2. The average Bonchev–Trinajstić information content (AvgIpc) is 2.73. The Morgan fingerprint density at radius 3 is 2.39 bits per heavy atom. The van der Waals surface area contributed by atoms with Crippen LogP contribution in [0.1, 0.15) is 11.1 Å². The number of piperazine rings is 1. The first kappa shape index (κ1) is 20.0. The molecule has 0 aromatic heterocycles. The molecule has 150 valence electrons. The van der Waals surface area contributed by atoms with Crippen LogP contribution in [-0.2, 0) is 11.3 Å². The van der Waals surface area contributed by atoms with Crippen molar-refractivity contribution in [1.29, 1.82) is 0 Å². The van der Waals surface area contributed by atoms with Gasteiger partial charge in [-0.05, 0) is 36.2 Å². The molecule has 28 heavy (non-hydrogen) atoms. The smallest absolute Gasteiger partial charge is 0.234 e. The lowest BCUT2D eigenvalue weighted by Gasteiger charge is -2.36. The van der Waals surface area contributed by atoms with Crippen LogP contribution in [0.2, 0.25) is 0 Å². The quantitative estimate of drug-likeness (QED) is 0.796. The molecule has 0 atom stereocenters. The van der Waals surface area contributed by atoms with Gasteiger partial charge in [0.2, 0.25) is 5.91 Å². The Morgan fingerprint density at radius 1 is 1.00 bits per heavy atom. The number of para-hydroxylation sites is 1. The maximum Gasteiger partial charge on any atom is 0.234 e. The van der Waals surface area contributed by atoms with E-state index in [9.17, 15) is 4.79 Å². The van der Waals surface area contributed by atoms with Crippen LogP contribution in [0, 0.1) is 6.92 Å². The first-order valence-electron chi connectivity index (χ1n) is 9.61. The molecule has 2 aromatic rings. The zero-order valence-corrected chi connectivity index (χ0v) is 16.9. The van der Waals surface area contributed by atoms with Crippen LogP contribution in [0.25, 0.3) is 0 Å². The summed E-state index contributed by atoms with van der Waals surface area (Å²) < 4.78 is 10.6. The normalized spacial score (nSPS) is 14.6. The van der Waals surface area contributed by atoms with E-state index in [1.807, 2.05) is 18.2 Å². The molecule has 1 amide bonds. The van der Waals surface area contributed by atoms with Gasteiger partial charge < -0.3 is 19.7 Å². The third-order valence-corrected chi connectivity index (χ3v) is 5.13. The van der Waals surface area contributed by atoms with E-state index >= 15 is 0 Å². The lowest BCUT2D eigenvalue weighted by Crippen LogP contribution is -2.49. The van der Waals surface area contributed by atoms with Gasteiger partial charge in [0.05, 0.1) is 20.8 Å². The number of nitrogens with one attached hydrogen (secondary N) is 1. The van der Waals surface area contributed by atoms with Crippen molar-refractivity contribution >= 4 is 11.6 Å². The van der Waals surface area contributed by atoms with Crippen molar-refractivity contribution in [2.24, 2.45) is 0 Å². The summed E-state index contributed by atoms with van der Waals surface area (Å²) in [6.45, 7) is 6.69. The zero-order valence-electron chi connectivity index (χ0n) is 16.9. The molecule has 1 aliphatic rings. The van der Waals surface area contributed by atoms with Crippen LogP contribution in [0.4, 0.5) is 5.69 Å². The number of benzene rings is 2. The van der Waals surface area contributed by atoms with Crippen LogP contribution < -0.4 is 19.7 Å². The van der Waals surface area contributed by atoms with E-state index in [2.05, 4.69) is 46.3 Å². The van der Waals surface area contributed by atoms with E-state index in [1.54, 1.807) is 14.2 Å². The predicted octanol–water partition coefficient (Wildman–Crippen LogP) is 2.45. The molecule has 6 nitrogen and oxygen atoms in total. The molecular weight excluding hydrogens is 354 g/mol. The van der Waals surface area contributed by atoms with Crippen molar-refractivity contribution in [3.63, 3.8) is 0 Å². The summed E-state index contributed by atoms with van der Waals surface area (Å²) in [6, 6.07) is 14.1. The number of carbonyl (C=O) groups excluding carboxylic acids is 1. The van der Waals surface area contributed by atoms with Crippen molar-refractivity contribution in [3.8, 4) is 11.5 Å². The van der Waals surface area contributed by atoms with Gasteiger partial charge >= 0.3 is 0 Å². The third kappa shape index (κ3) is 4.95. The molecule has 1 aliphatic heterocycles. The monoisotopic (exact) mass is 383 g/mol. The van der Waals surface area contributed by atoms with Crippen molar-refractivity contribution in [2.45, 2.75) is 13.5 Å². The molecule has 0 aliphatic carbocycles. The number of aryl methyl sites for hydroxylation is 1. The summed E-state index contributed by atoms with van der Waals surface area (Å²) in [4.78, 5) is 16.9. The number of anilines is 1. The van der Waals surface area contributed by atoms with Gasteiger partial charge in [0.1, 0.15) is 0 Å². The Hall–Kier alpha value is -2.73. The summed E-state index contributed by atoms with van der Waals surface area (Å²) in [7, 11) is 3.22. The van der Waals surface area contributed by atoms with Crippen molar-refractivity contribution in [1.82, 2.24) is 10.2 Å². The highest BCUT2D eigenvalue weighted by Crippen LogP contribution is 2.27. The minimum atomic E-state index is 0.0409. The first-order chi connectivity index (χ1) is 13.6. The number of rotatable bonds is 7. The van der Waals surface area contributed by atoms with E-state index in [1.165, 1.54) is 11.3 Å². The SMILES string of the molecule is COc1ccc(CNC(=O)CN2CCN(c3ccccc3C)CC2)cc1OC. The molecule has 0 bridgehead atoms. The number of amides is 1. The number of nitrogens with zero attached hydrogens (tertiary/aromatic N) is 2. The molecule has 1 heterocycles. The number of hydrogen-bond acceptors (Lipinski definition) is 5. The zero-order chi connectivity index (χ0) is 19.9. The average molecular weight is 383 g/mol. The molecular formula is C22H29N3O3. The Kier molecular flexibility index (Phi) is 6.76. The lowest BCUT2D eigenvalue weighted by atomic mass is 10.1. The van der Waals surface area contributed by atoms with E-state index in [0.29, 0.717) is 24.6 Å². The molecule has 1 fully saturated rings. The second-order valence-corrected chi connectivity index (χ2v) is 7.02. The predicted molar refractivity (Wildman–Crippen MR) is 111 cm³/mol. The fourth-order valence-corrected chi connectivity index (χ4v) is 3.52. The standard InChI is InChI=1S/C22H29N3O3/c1-17-6-4-5-7-19(17)25-12-10-24(11-13-25)16-22(26)23-15-18-8-9-20(27-2)21(14-18)28-3/h4-9,14H,10-13,15-16H2,1-3H3,(H,23,26). The molecule has 0 radical (unpaired) electrons. The summed E-state index contributed by atoms with van der Waals surface area (Å²) in [5.74, 6) is 1.39. The minimum absolute atomic E-state index is 0.0409. The third-order valence-electron chi connectivity index (χ3n) is 5.13. The Morgan fingerprint density at radius 2 is 1.71 bits per heavy atom. The molecule has 0 saturated carbocycles. The van der Waals surface area contributed by atoms with Gasteiger partial charge in [-0.3, -0.25) is 9.69 Å². The molecule has 1 N–H and O–H groups in total. The van der Waals surface area contributed by atoms with Gasteiger partial charge in [-0.1, -0.05) is 24.3 Å². The van der Waals surface area contributed by atoms with Crippen LogP contribution >= 0.6 is 0 Å². The highest BCUT2D eigenvalue weighted by molar-refractivity contribution is 5.78. The second-order valence-electron chi connectivity index (χ2n) is 7.02. The van der Waals surface area contributed by atoms with Crippen LogP contribution in [0.5, 0.6) is 11.5 Å². The second kappa shape index (κ2) is 9.46. The fourth-order valence-electron chi connectivity index (χ4n) is 3.52. The number of methoxy groups -OCH3 is 2. The fraction of sp³-hybridized carbons (Fsp3) is 0.409. The van der Waals surface area contributed by atoms with Gasteiger partial charge in [-0.15, -0.1) is 0 Å². The van der Waals surface area contributed by atoms with Crippen molar-refractivity contribution in [3.05, 3.63) is 53.6 Å². The van der Waals surface area contributed by atoms with Crippen molar-refractivity contribution in [2.75, 3.05) is 51.8 Å². The Bertz CT molecular complexity index is 801. The van der Waals surface area contributed by atoms with Crippen LogP contribution in [0.3, 0.4) is 0 Å². The Labute approximate surface area is 167 Å². The van der Waals surface area contributed by atoms with Gasteiger partial charge in [0.25, 0.3) is 0 Å². The van der Waals surface area contributed by atoms with Crippen LogP contribution in [-0.4, -0.2) is 57.8 Å². The molecule has 1 saturated heterocycles. The molecule has 2 aromatic carbocycles. The van der Waals surface area contributed by atoms with Gasteiger partial charge in [0.15, 0.2) is 11.5 Å². The number of hydrogen-bond donors (Lipinski definition) is 1. The minimum Gasteiger partial charge on any atom is -0.493 e. The summed E-state index contributed by atoms with van der Waals surface area (Å²) in [5.41, 5.74) is 3.57. The largest absolute Gasteiger partial charge is 0.493 e. The molecule has 0 spiro atoms. The maximum atomic E-state index is 12.3. The summed E-state index contributed by atoms with van der Waals surface area (Å²) >= 11 is 0. The lowest BCUT2D eigenvalue weighted by molar-refractivity contribution is -0.122. The number of carbonyl (C=O) groups is 1. The molecule has 3 rings (SSSR count). The van der Waals surface area contributed by atoms with Gasteiger partial charge in [0, 0.05) is 38.4 Å². The summed E-state index contributed by atoms with van der Waals surface area (Å²) in [6.07, 6.45) is 0. The Balaban J connectivity index is 1.45. The first-order valence-corrected chi connectivity index (χ1v) is 9.61. The topological polar surface area (TPSA) is 54.0 Å². The van der Waals surface area contributed by atoms with E-state index < -0.39 is 0 Å². The molecule has 0 unspecified atom stereocenters. The van der Waals surface area contributed by atoms with Gasteiger partial charge in [-0.2, -0.15) is 0 Å². The van der Waals surface area contributed by atoms with Gasteiger partial charge in [-0.25, -0.2) is 0 Å². The van der Waals surface area contributed by atoms with Crippen LogP contribution in [0.15, 0.2) is 42.5 Å². The van der Waals surface area contributed by atoms with Crippen molar-refractivity contribution < 1.29 is 14.3 Å². The van der Waals surface area contributed by atoms with E-state index in [0.717, 1.165) is 31.7 Å². The van der Waals surface area contributed by atoms with E-state index in [-0.39, 0.29) is 5.91 Å².